The number of pyridine rings is 2. The van der Waals surface area contributed by atoms with E-state index in [1.165, 1.54) is 25.4 Å². The second-order valence-electron chi connectivity index (χ2n) is 16.6. The maximum atomic E-state index is 18.0. The number of ether oxygens (including phenoxy) is 5. The molecule has 66 heavy (non-hydrogen) atoms. The summed E-state index contributed by atoms with van der Waals surface area (Å²) in [5, 5.41) is 14.6. The molecule has 0 radical (unpaired) electrons. The Labute approximate surface area is 381 Å². The molecule has 5 aromatic rings. The van der Waals surface area contributed by atoms with Crippen LogP contribution in [0, 0.1) is 18.2 Å². The number of nitrogens with one attached hydrogen (secondary N) is 2. The van der Waals surface area contributed by atoms with Crippen LogP contribution in [-0.2, 0) is 28.7 Å². The maximum Gasteiger partial charge on any atom is 0.418 e. The molecule has 3 aromatic carbocycles. The topological polar surface area (TPSA) is 152 Å². The van der Waals surface area contributed by atoms with Gasteiger partial charge in [-0.25, -0.2) is 19.2 Å². The number of amides is 1. The molecule has 6 heterocycles. The highest BCUT2D eigenvalue weighted by Gasteiger charge is 2.53. The van der Waals surface area contributed by atoms with Crippen LogP contribution in [0.4, 0.5) is 34.0 Å². The lowest BCUT2D eigenvalue weighted by Crippen LogP contribution is -2.45. The highest BCUT2D eigenvalue weighted by atomic mass is 35.5. The number of hydrogen-bond acceptors (Lipinski definition) is 12. The Balaban J connectivity index is 1.23. The molecule has 14 nitrogen and oxygen atoms in total. The van der Waals surface area contributed by atoms with Crippen molar-refractivity contribution in [3.8, 4) is 28.5 Å². The van der Waals surface area contributed by atoms with Crippen LogP contribution in [0.2, 0.25) is 5.02 Å². The van der Waals surface area contributed by atoms with Crippen LogP contribution in [0.3, 0.4) is 0 Å². The Kier molecular flexibility index (Phi) is 11.8. The molecule has 4 aliphatic heterocycles. The number of benzene rings is 3. The van der Waals surface area contributed by atoms with Crippen LogP contribution in [0.15, 0.2) is 90.1 Å². The number of carboxylic acid groups (broad SMARTS) is 1. The molecule has 1 atom stereocenters. The first-order chi connectivity index (χ1) is 31.6. The van der Waals surface area contributed by atoms with Crippen LogP contribution in [0.5, 0.6) is 17.2 Å². The summed E-state index contributed by atoms with van der Waals surface area (Å²) in [6.07, 6.45) is -1.83. The Morgan fingerprint density at radius 2 is 1.74 bits per heavy atom. The van der Waals surface area contributed by atoms with Crippen molar-refractivity contribution in [1.82, 2.24) is 20.2 Å². The minimum Gasteiger partial charge on any atom is -0.497 e. The highest BCUT2D eigenvalue weighted by Crippen LogP contribution is 2.51. The van der Waals surface area contributed by atoms with E-state index >= 15 is 17.6 Å². The number of nitrogens with zero attached hydrogens (tertiary/aromatic N) is 5. The van der Waals surface area contributed by atoms with Crippen molar-refractivity contribution in [2.24, 2.45) is 10.4 Å². The molecule has 5 aliphatic rings. The maximum absolute atomic E-state index is 18.0. The largest absolute Gasteiger partial charge is 0.497 e. The van der Waals surface area contributed by atoms with Crippen molar-refractivity contribution >= 4 is 35.2 Å². The van der Waals surface area contributed by atoms with Gasteiger partial charge < -0.3 is 43.9 Å². The van der Waals surface area contributed by atoms with Gasteiger partial charge in [-0.3, -0.25) is 10.3 Å². The fourth-order valence-corrected chi connectivity index (χ4v) is 9.24. The van der Waals surface area contributed by atoms with Gasteiger partial charge in [0.1, 0.15) is 35.6 Å². The lowest BCUT2D eigenvalue weighted by Gasteiger charge is -2.35. The minimum absolute atomic E-state index is 0.000946. The Morgan fingerprint density at radius 1 is 1.08 bits per heavy atom. The van der Waals surface area contributed by atoms with Gasteiger partial charge in [0, 0.05) is 30.3 Å². The molecule has 19 heteroatoms. The summed E-state index contributed by atoms with van der Waals surface area (Å²) in [6.45, 7) is 3.88. The third kappa shape index (κ3) is 8.46. The number of halogens is 5. The minimum atomic E-state index is -5.02. The van der Waals surface area contributed by atoms with Crippen LogP contribution in [0.1, 0.15) is 53.6 Å². The molecular weight excluding hydrogens is 886 g/mol. The predicted molar refractivity (Wildman–Crippen MR) is 235 cm³/mol. The quantitative estimate of drug-likeness (QED) is 0.0920. The van der Waals surface area contributed by atoms with Crippen molar-refractivity contribution in [2.45, 2.75) is 58.1 Å². The average Bonchev–Trinajstić information content (AvgIpc) is 3.85. The molecule has 0 spiro atoms. The fourth-order valence-electron chi connectivity index (χ4n) is 8.91. The third-order valence-corrected chi connectivity index (χ3v) is 12.6. The summed E-state index contributed by atoms with van der Waals surface area (Å²) in [5.74, 6) is -0.353. The van der Waals surface area contributed by atoms with Crippen LogP contribution in [-0.4, -0.2) is 66.3 Å². The van der Waals surface area contributed by atoms with Crippen molar-refractivity contribution in [3.63, 3.8) is 0 Å². The number of hydrogen-bond donors (Lipinski definition) is 3. The molecule has 1 amide bonds. The number of carbonyl (C=O) groups is 1. The van der Waals surface area contributed by atoms with E-state index in [2.05, 4.69) is 25.6 Å². The molecule has 3 N–H and O–H groups in total. The zero-order valence-electron chi connectivity index (χ0n) is 36.1. The van der Waals surface area contributed by atoms with E-state index in [0.29, 0.717) is 23.7 Å². The number of rotatable bonds is 14. The number of alkyl halides is 3. The zero-order valence-corrected chi connectivity index (χ0v) is 36.9. The van der Waals surface area contributed by atoms with Gasteiger partial charge in [0.05, 0.1) is 78.2 Å². The molecule has 1 unspecified atom stereocenters. The van der Waals surface area contributed by atoms with Gasteiger partial charge in [-0.1, -0.05) is 41.9 Å². The first-order valence-electron chi connectivity index (χ1n) is 21.0. The second kappa shape index (κ2) is 17.5. The lowest BCUT2D eigenvalue weighted by molar-refractivity contribution is -0.137. The summed E-state index contributed by atoms with van der Waals surface area (Å²) >= 11 is 7.15. The predicted octanol–water partition coefficient (Wildman–Crippen LogP) is 8.27. The van der Waals surface area contributed by atoms with Gasteiger partial charge in [0.15, 0.2) is 11.6 Å². The van der Waals surface area contributed by atoms with E-state index in [1.54, 1.807) is 67.3 Å². The Hall–Kier alpha value is -6.79. The summed E-state index contributed by atoms with van der Waals surface area (Å²) in [6, 6.07) is 18.3. The molecule has 10 rings (SSSR count). The molecule has 3 fully saturated rings. The van der Waals surface area contributed by atoms with Crippen molar-refractivity contribution in [1.29, 1.82) is 0 Å². The highest BCUT2D eigenvalue weighted by molar-refractivity contribution is 6.33. The van der Waals surface area contributed by atoms with Gasteiger partial charge in [0.25, 0.3) is 0 Å². The van der Waals surface area contributed by atoms with E-state index in [4.69, 9.17) is 35.3 Å². The Morgan fingerprint density at radius 3 is 2.33 bits per heavy atom. The van der Waals surface area contributed by atoms with Gasteiger partial charge in [-0.2, -0.15) is 13.2 Å². The van der Waals surface area contributed by atoms with Crippen molar-refractivity contribution in [3.05, 3.63) is 134 Å². The number of aryl methyl sites for hydroxylation is 1. The van der Waals surface area contributed by atoms with E-state index < -0.39 is 51.7 Å². The lowest BCUT2D eigenvalue weighted by atomic mass is 9.71. The van der Waals surface area contributed by atoms with Crippen LogP contribution < -0.4 is 40.3 Å². The average molecular weight is 930 g/mol. The number of methoxy groups -OCH3 is 2. The monoisotopic (exact) mass is 929 g/mol. The Bertz CT molecular complexity index is 2810. The first kappa shape index (κ1) is 44.4. The number of fused-ring (bicyclic) bond motifs is 1. The summed E-state index contributed by atoms with van der Waals surface area (Å²) < 4.78 is 93.5. The SMILES string of the molecule is COc1ccc(CN(Cc2ccc(OC)cc2)c2cc(C)c(C(F)(F)F)c(-c3c(F)c4c5c(c3Cl)=NCNC=5N(C(C)c3cccnc3NC(=O)O)C=C(OCC35COC(C3)C5)O4)n2)cc1. The van der Waals surface area contributed by atoms with Crippen molar-refractivity contribution in [2.75, 3.05) is 44.3 Å². The standard InChI is InChI=1S/C47H44ClF4N7O7/c1-25-16-33(58(19-27-7-11-29(62-3)12-8-27)20-28-9-13-30(63-4)14-10-28)56-40(37(25)47(50,51)52)35-38(48)41-36-42(39(35)49)66-34(65-23-46-17-31(18-46)64-22-46)21-59(44(36)55-24-54-41)26(2)32-6-5-15-53-43(32)57-45(60)61/h5-16,21,26,31,55H,17-20,22-24H2,1-4H3,(H,53,57)(H,60,61). The fraction of sp³-hybridized carbons (Fsp3) is 0.319. The van der Waals surface area contributed by atoms with E-state index in [1.807, 2.05) is 24.3 Å². The molecule has 2 aromatic heterocycles. The van der Waals surface area contributed by atoms with Gasteiger partial charge in [-0.05, 0) is 79.8 Å². The molecule has 344 valence electrons. The van der Waals surface area contributed by atoms with E-state index in [0.717, 1.165) is 24.0 Å². The molecule has 1 saturated carbocycles. The van der Waals surface area contributed by atoms with E-state index in [9.17, 15) is 9.90 Å². The van der Waals surface area contributed by atoms with Crippen molar-refractivity contribution < 1.29 is 51.1 Å². The van der Waals surface area contributed by atoms with Gasteiger partial charge >= 0.3 is 18.2 Å². The molecule has 1 aliphatic carbocycles. The third-order valence-electron chi connectivity index (χ3n) is 12.2. The molecule has 2 bridgehead atoms. The summed E-state index contributed by atoms with van der Waals surface area (Å²) in [4.78, 5) is 28.7. The first-order valence-corrected chi connectivity index (χ1v) is 21.3. The van der Waals surface area contributed by atoms with Crippen LogP contribution >= 0.6 is 11.6 Å². The second-order valence-corrected chi connectivity index (χ2v) is 17.0. The van der Waals surface area contributed by atoms with Gasteiger partial charge in [0.2, 0.25) is 0 Å². The normalized spacial score (nSPS) is 18.6. The van der Waals surface area contributed by atoms with Gasteiger partial charge in [-0.15, -0.1) is 0 Å². The van der Waals surface area contributed by atoms with Crippen LogP contribution in [0.25, 0.3) is 17.1 Å². The molecular formula is C47H44ClF4N7O7. The summed E-state index contributed by atoms with van der Waals surface area (Å²) in [7, 11) is 3.09. The summed E-state index contributed by atoms with van der Waals surface area (Å²) in [5.41, 5.74) is -1.17. The molecule has 2 saturated heterocycles. The zero-order chi connectivity index (χ0) is 46.5. The number of anilines is 2. The van der Waals surface area contributed by atoms with E-state index in [-0.39, 0.29) is 77.4 Å². The number of aromatic nitrogens is 2. The smallest absolute Gasteiger partial charge is 0.418 e.